The molecule has 0 atom stereocenters. The number of nitrogens with one attached hydrogen (secondary N) is 1. The summed E-state index contributed by atoms with van der Waals surface area (Å²) in [4.78, 5) is 12.8. The van der Waals surface area contributed by atoms with Crippen LogP contribution in [0, 0.1) is 0 Å². The van der Waals surface area contributed by atoms with Crippen LogP contribution in [0.15, 0.2) is 70.2 Å². The summed E-state index contributed by atoms with van der Waals surface area (Å²) >= 11 is 15.1. The molecule has 1 heterocycles. The normalized spacial score (nSPS) is 11.3. The fraction of sp³-hybridized carbons (Fsp3) is 0. The van der Waals surface area contributed by atoms with Crippen LogP contribution in [0.3, 0.4) is 0 Å². The molecule has 0 radical (unpaired) electrons. The molecule has 0 aliphatic heterocycles. The number of amides is 1. The van der Waals surface area contributed by atoms with Gasteiger partial charge < -0.3 is 5.32 Å². The maximum absolute atomic E-state index is 12.9. The summed E-state index contributed by atoms with van der Waals surface area (Å²) in [5, 5.41) is 3.30. The van der Waals surface area contributed by atoms with Crippen molar-refractivity contribution in [1.82, 2.24) is 3.97 Å². The van der Waals surface area contributed by atoms with Crippen LogP contribution in [0.4, 0.5) is 5.69 Å². The summed E-state index contributed by atoms with van der Waals surface area (Å²) in [7, 11) is -3.93. The van der Waals surface area contributed by atoms with Crippen molar-refractivity contribution in [1.29, 1.82) is 0 Å². The lowest BCUT2D eigenvalue weighted by atomic mass is 10.3. The predicted molar refractivity (Wildman–Crippen MR) is 106 cm³/mol. The zero-order chi connectivity index (χ0) is 18.9. The molecule has 26 heavy (non-hydrogen) atoms. The predicted octanol–water partition coefficient (Wildman–Crippen LogP) is 5.05. The van der Waals surface area contributed by atoms with E-state index in [-0.39, 0.29) is 10.6 Å². The summed E-state index contributed by atoms with van der Waals surface area (Å²) in [5.74, 6) is -0.625. The number of carbonyl (C=O) groups is 1. The number of carbonyl (C=O) groups excluding carboxylic acids is 1. The number of aromatic nitrogens is 1. The summed E-state index contributed by atoms with van der Waals surface area (Å²) < 4.78 is 27.0. The number of hydrogen-bond donors (Lipinski definition) is 1. The van der Waals surface area contributed by atoms with E-state index in [1.54, 1.807) is 18.2 Å². The van der Waals surface area contributed by atoms with Crippen molar-refractivity contribution in [3.05, 3.63) is 81.0 Å². The molecule has 2 aromatic carbocycles. The fourth-order valence-electron chi connectivity index (χ4n) is 2.32. The smallest absolute Gasteiger partial charge is 0.274 e. The van der Waals surface area contributed by atoms with Crippen molar-refractivity contribution >= 4 is 60.7 Å². The molecule has 0 aliphatic rings. The van der Waals surface area contributed by atoms with Crippen LogP contribution >= 0.6 is 39.1 Å². The molecule has 0 spiro atoms. The van der Waals surface area contributed by atoms with E-state index in [0.29, 0.717) is 20.2 Å². The van der Waals surface area contributed by atoms with E-state index in [1.807, 2.05) is 0 Å². The van der Waals surface area contributed by atoms with Crippen molar-refractivity contribution in [2.24, 2.45) is 0 Å². The Kier molecular flexibility index (Phi) is 5.43. The third-order valence-electron chi connectivity index (χ3n) is 3.44. The maximum Gasteiger partial charge on any atom is 0.274 e. The van der Waals surface area contributed by atoms with Gasteiger partial charge in [-0.3, -0.25) is 4.79 Å². The number of nitrogens with zero attached hydrogens (tertiary/aromatic N) is 1. The van der Waals surface area contributed by atoms with E-state index < -0.39 is 15.9 Å². The second kappa shape index (κ2) is 7.44. The minimum absolute atomic E-state index is 0.0649. The van der Waals surface area contributed by atoms with Crippen LogP contribution in [0.2, 0.25) is 10.0 Å². The van der Waals surface area contributed by atoms with Gasteiger partial charge in [0.1, 0.15) is 5.69 Å². The molecule has 9 heteroatoms. The average molecular weight is 474 g/mol. The second-order valence-electron chi connectivity index (χ2n) is 5.24. The largest absolute Gasteiger partial charge is 0.321 e. The molecule has 134 valence electrons. The Morgan fingerprint density at radius 3 is 2.23 bits per heavy atom. The Hall–Kier alpha value is -1.80. The Balaban J connectivity index is 2.01. The SMILES string of the molecule is O=C(Nc1cc(Cl)cc(Cl)c1)c1c(Br)ccn1S(=O)(=O)c1ccccc1. The van der Waals surface area contributed by atoms with E-state index in [2.05, 4.69) is 21.2 Å². The summed E-state index contributed by atoms with van der Waals surface area (Å²) in [5.41, 5.74) is 0.286. The van der Waals surface area contributed by atoms with Gasteiger partial charge in [-0.1, -0.05) is 41.4 Å². The van der Waals surface area contributed by atoms with Crippen LogP contribution in [0.1, 0.15) is 10.5 Å². The second-order valence-corrected chi connectivity index (χ2v) is 8.78. The van der Waals surface area contributed by atoms with Crippen molar-refractivity contribution in [2.45, 2.75) is 4.90 Å². The highest BCUT2D eigenvalue weighted by Crippen LogP contribution is 2.26. The van der Waals surface area contributed by atoms with Gasteiger partial charge >= 0.3 is 0 Å². The first kappa shape index (κ1) is 19.0. The minimum atomic E-state index is -3.93. The van der Waals surface area contributed by atoms with E-state index in [9.17, 15) is 13.2 Å². The first-order valence-electron chi connectivity index (χ1n) is 7.24. The highest BCUT2D eigenvalue weighted by molar-refractivity contribution is 9.10. The Bertz CT molecular complexity index is 1060. The molecule has 3 aromatic rings. The van der Waals surface area contributed by atoms with Gasteiger partial charge in [-0.15, -0.1) is 0 Å². The Morgan fingerprint density at radius 1 is 1.00 bits per heavy atom. The molecule has 1 amide bonds. The molecular formula is C17H11BrCl2N2O3S. The molecular weight excluding hydrogens is 463 g/mol. The lowest BCUT2D eigenvalue weighted by Crippen LogP contribution is -2.22. The highest BCUT2D eigenvalue weighted by Gasteiger charge is 2.25. The summed E-state index contributed by atoms with van der Waals surface area (Å²) in [6, 6.07) is 13.9. The molecule has 0 fully saturated rings. The van der Waals surface area contributed by atoms with Gasteiger partial charge in [0.05, 0.1) is 4.90 Å². The lowest BCUT2D eigenvalue weighted by Gasteiger charge is -2.12. The quantitative estimate of drug-likeness (QED) is 0.576. The number of halogens is 3. The monoisotopic (exact) mass is 472 g/mol. The van der Waals surface area contributed by atoms with Gasteiger partial charge in [0.15, 0.2) is 0 Å². The molecule has 1 N–H and O–H groups in total. The van der Waals surface area contributed by atoms with Gasteiger partial charge in [-0.2, -0.15) is 0 Å². The van der Waals surface area contributed by atoms with Crippen LogP contribution in [-0.2, 0) is 10.0 Å². The average Bonchev–Trinajstić information content (AvgIpc) is 2.97. The molecule has 1 aromatic heterocycles. The van der Waals surface area contributed by atoms with Crippen molar-refractivity contribution in [3.8, 4) is 0 Å². The van der Waals surface area contributed by atoms with E-state index in [1.165, 1.54) is 42.6 Å². The number of benzene rings is 2. The molecule has 0 saturated heterocycles. The van der Waals surface area contributed by atoms with Crippen molar-refractivity contribution in [3.63, 3.8) is 0 Å². The lowest BCUT2D eigenvalue weighted by molar-refractivity contribution is 0.102. The van der Waals surface area contributed by atoms with Gasteiger partial charge in [0.2, 0.25) is 0 Å². The standard InChI is InChI=1S/C17H11BrCl2N2O3S/c18-15-6-7-22(26(24,25)14-4-2-1-3-5-14)16(15)17(23)21-13-9-11(19)8-12(20)10-13/h1-10H,(H,21,23). The van der Waals surface area contributed by atoms with Crippen LogP contribution < -0.4 is 5.32 Å². The van der Waals surface area contributed by atoms with Crippen LogP contribution in [0.5, 0.6) is 0 Å². The first-order chi connectivity index (χ1) is 12.3. The van der Waals surface area contributed by atoms with Gasteiger partial charge in [-0.25, -0.2) is 12.4 Å². The molecule has 0 bridgehead atoms. The van der Waals surface area contributed by atoms with Crippen LogP contribution in [0.25, 0.3) is 0 Å². The number of rotatable bonds is 4. The van der Waals surface area contributed by atoms with Gasteiger partial charge in [0, 0.05) is 26.4 Å². The molecule has 3 rings (SSSR count). The highest BCUT2D eigenvalue weighted by atomic mass is 79.9. The van der Waals surface area contributed by atoms with E-state index in [4.69, 9.17) is 23.2 Å². The third kappa shape index (κ3) is 3.81. The number of anilines is 1. The van der Waals surface area contributed by atoms with Crippen molar-refractivity contribution < 1.29 is 13.2 Å². The van der Waals surface area contributed by atoms with E-state index >= 15 is 0 Å². The van der Waals surface area contributed by atoms with Crippen molar-refractivity contribution in [2.75, 3.05) is 5.32 Å². The van der Waals surface area contributed by atoms with Crippen LogP contribution in [-0.4, -0.2) is 18.3 Å². The fourth-order valence-corrected chi connectivity index (χ4v) is 4.83. The Labute approximate surface area is 168 Å². The number of hydrogen-bond acceptors (Lipinski definition) is 3. The van der Waals surface area contributed by atoms with Gasteiger partial charge in [-0.05, 0) is 52.3 Å². The zero-order valence-electron chi connectivity index (χ0n) is 13.0. The molecule has 0 aliphatic carbocycles. The van der Waals surface area contributed by atoms with E-state index in [0.717, 1.165) is 3.97 Å². The molecule has 5 nitrogen and oxygen atoms in total. The van der Waals surface area contributed by atoms with Gasteiger partial charge in [0.25, 0.3) is 15.9 Å². The topological polar surface area (TPSA) is 68.2 Å². The minimum Gasteiger partial charge on any atom is -0.321 e. The summed E-state index contributed by atoms with van der Waals surface area (Å²) in [6.45, 7) is 0. The molecule has 0 unspecified atom stereocenters. The maximum atomic E-state index is 12.9. The Morgan fingerprint density at radius 2 is 1.62 bits per heavy atom. The third-order valence-corrected chi connectivity index (χ3v) is 6.20. The summed E-state index contributed by atoms with van der Waals surface area (Å²) in [6.07, 6.45) is 1.31. The molecule has 0 saturated carbocycles. The zero-order valence-corrected chi connectivity index (χ0v) is 16.9. The first-order valence-corrected chi connectivity index (χ1v) is 10.2.